The zero-order valence-corrected chi connectivity index (χ0v) is 21.9. The largest absolute Gasteiger partial charge is 0.458 e. The normalized spacial score (nSPS) is 48.3. The number of fused-ring (bicyclic) bond motifs is 4. The maximum absolute atomic E-state index is 12.9. The summed E-state index contributed by atoms with van der Waals surface area (Å²) in [5.41, 5.74) is -2.28. The Morgan fingerprint density at radius 1 is 1.14 bits per heavy atom. The van der Waals surface area contributed by atoms with Crippen LogP contribution in [0, 0.1) is 29.1 Å². The quantitative estimate of drug-likeness (QED) is 0.459. The first-order chi connectivity index (χ1) is 16.1. The molecule has 5 rings (SSSR count). The molecule has 0 aromatic carbocycles. The van der Waals surface area contributed by atoms with Crippen molar-refractivity contribution >= 4 is 11.9 Å². The highest BCUT2D eigenvalue weighted by Crippen LogP contribution is 2.77. The summed E-state index contributed by atoms with van der Waals surface area (Å²) in [6.07, 6.45) is 3.16. The lowest BCUT2D eigenvalue weighted by molar-refractivity contribution is -0.239. The minimum atomic E-state index is -1.42. The molecular weight excluding hydrogens is 452 g/mol. The van der Waals surface area contributed by atoms with Gasteiger partial charge in [0, 0.05) is 49.4 Å². The average molecular weight is 491 g/mol. The van der Waals surface area contributed by atoms with E-state index in [0.717, 1.165) is 11.1 Å². The second-order valence-corrected chi connectivity index (χ2v) is 12.3. The Kier molecular flexibility index (Phi) is 5.11. The number of carbonyl (C=O) groups excluding carboxylic acids is 2. The van der Waals surface area contributed by atoms with Gasteiger partial charge in [0.15, 0.2) is 11.4 Å². The maximum Gasteiger partial charge on any atom is 0.303 e. The van der Waals surface area contributed by atoms with Gasteiger partial charge >= 0.3 is 11.9 Å². The second-order valence-electron chi connectivity index (χ2n) is 12.3. The van der Waals surface area contributed by atoms with E-state index in [4.69, 9.17) is 18.9 Å². The maximum atomic E-state index is 12.9. The van der Waals surface area contributed by atoms with Gasteiger partial charge < -0.3 is 29.2 Å². The van der Waals surface area contributed by atoms with E-state index in [0.29, 0.717) is 6.42 Å². The summed E-state index contributed by atoms with van der Waals surface area (Å²) < 4.78 is 24.9. The predicted octanol–water partition coefficient (Wildman–Crippen LogP) is 2.66. The molecular formula is C27H38O8. The van der Waals surface area contributed by atoms with E-state index in [-0.39, 0.29) is 18.6 Å². The minimum absolute atomic E-state index is 0.188. The Hall–Kier alpha value is -1.74. The number of carbonyl (C=O) groups is 2. The molecule has 8 nitrogen and oxygen atoms in total. The van der Waals surface area contributed by atoms with Crippen LogP contribution in [0.4, 0.5) is 0 Å². The Bertz CT molecular complexity index is 1040. The van der Waals surface area contributed by atoms with Crippen LogP contribution in [0.3, 0.4) is 0 Å². The predicted molar refractivity (Wildman–Crippen MR) is 125 cm³/mol. The number of aliphatic hydroxyl groups is 2. The van der Waals surface area contributed by atoms with E-state index in [2.05, 4.69) is 0 Å². The van der Waals surface area contributed by atoms with Crippen molar-refractivity contribution in [2.24, 2.45) is 29.1 Å². The number of ether oxygens (including phenoxy) is 4. The molecule has 194 valence electrons. The van der Waals surface area contributed by atoms with Gasteiger partial charge in [0.05, 0.1) is 12.2 Å². The molecule has 1 aliphatic heterocycles. The first-order valence-electron chi connectivity index (χ1n) is 12.5. The van der Waals surface area contributed by atoms with Gasteiger partial charge in [0.2, 0.25) is 0 Å². The lowest BCUT2D eigenvalue weighted by Gasteiger charge is -2.53. The zero-order chi connectivity index (χ0) is 25.9. The number of hydrogen-bond donors (Lipinski definition) is 2. The van der Waals surface area contributed by atoms with Gasteiger partial charge in [-0.15, -0.1) is 0 Å². The van der Waals surface area contributed by atoms with Crippen LogP contribution in [0.1, 0.15) is 61.8 Å². The molecule has 9 atom stereocenters. The molecule has 3 fully saturated rings. The van der Waals surface area contributed by atoms with Crippen molar-refractivity contribution in [1.29, 1.82) is 0 Å². The molecule has 2 N–H and O–H groups in total. The van der Waals surface area contributed by atoms with Crippen molar-refractivity contribution < 1.29 is 38.7 Å². The second kappa shape index (κ2) is 7.18. The molecule has 5 aliphatic rings. The topological polar surface area (TPSA) is 112 Å². The van der Waals surface area contributed by atoms with Crippen LogP contribution in [0.5, 0.6) is 0 Å². The minimum Gasteiger partial charge on any atom is -0.458 e. The highest BCUT2D eigenvalue weighted by molar-refractivity contribution is 5.69. The highest BCUT2D eigenvalue weighted by atomic mass is 16.8. The Morgan fingerprint density at radius 3 is 2.37 bits per heavy atom. The molecule has 0 amide bonds. The van der Waals surface area contributed by atoms with Gasteiger partial charge in [-0.25, -0.2) is 0 Å². The molecule has 8 heteroatoms. The van der Waals surface area contributed by atoms with E-state index < -0.39 is 63.8 Å². The fourth-order valence-electron chi connectivity index (χ4n) is 8.48. The molecule has 9 unspecified atom stereocenters. The SMILES string of the molecule is CC(=O)OC1C(C)C2(O)C(C=C(CO)CC34OC(C)(C)OC3C(C)=CC42)C2C(C)(C)C12OC(C)=O. The van der Waals surface area contributed by atoms with Crippen LogP contribution >= 0.6 is 0 Å². The Balaban J connectivity index is 1.74. The third-order valence-electron chi connectivity index (χ3n) is 9.54. The molecule has 35 heavy (non-hydrogen) atoms. The zero-order valence-electron chi connectivity index (χ0n) is 21.9. The number of hydrogen-bond acceptors (Lipinski definition) is 8. The summed E-state index contributed by atoms with van der Waals surface area (Å²) in [6, 6.07) is 0. The van der Waals surface area contributed by atoms with Crippen molar-refractivity contribution in [3.05, 3.63) is 23.3 Å². The van der Waals surface area contributed by atoms with Crippen LogP contribution in [-0.4, -0.2) is 63.6 Å². The fraction of sp³-hybridized carbons (Fsp3) is 0.778. The van der Waals surface area contributed by atoms with Gasteiger partial charge in [-0.2, -0.15) is 0 Å². The van der Waals surface area contributed by atoms with Crippen LogP contribution in [0.15, 0.2) is 23.3 Å². The molecule has 0 aromatic heterocycles. The first-order valence-corrected chi connectivity index (χ1v) is 12.5. The van der Waals surface area contributed by atoms with Crippen LogP contribution < -0.4 is 0 Å². The lowest BCUT2D eigenvalue weighted by Crippen LogP contribution is -2.66. The highest BCUT2D eigenvalue weighted by Gasteiger charge is 2.88. The van der Waals surface area contributed by atoms with Gasteiger partial charge in [-0.1, -0.05) is 32.9 Å². The molecule has 1 spiro atoms. The fourth-order valence-corrected chi connectivity index (χ4v) is 8.48. The molecule has 1 heterocycles. The van der Waals surface area contributed by atoms with E-state index in [9.17, 15) is 19.8 Å². The lowest BCUT2D eigenvalue weighted by atomic mass is 9.58. The summed E-state index contributed by atoms with van der Waals surface area (Å²) in [5.74, 6) is -3.73. The number of aliphatic hydroxyl groups excluding tert-OH is 1. The van der Waals surface area contributed by atoms with E-state index >= 15 is 0 Å². The van der Waals surface area contributed by atoms with Crippen LogP contribution in [0.2, 0.25) is 0 Å². The van der Waals surface area contributed by atoms with Crippen LogP contribution in [-0.2, 0) is 28.5 Å². The van der Waals surface area contributed by atoms with E-state index in [1.807, 2.05) is 53.7 Å². The third-order valence-corrected chi connectivity index (χ3v) is 9.54. The summed E-state index contributed by atoms with van der Waals surface area (Å²) in [7, 11) is 0. The van der Waals surface area contributed by atoms with E-state index in [1.165, 1.54) is 13.8 Å². The number of rotatable bonds is 3. The summed E-state index contributed by atoms with van der Waals surface area (Å²) in [4.78, 5) is 24.6. The summed E-state index contributed by atoms with van der Waals surface area (Å²) in [5, 5.41) is 23.3. The standard InChI is InChI=1S/C27H38O8/c1-13-9-19-25(21(13)34-24(7,8)35-25)11-17(12-28)10-18-20-23(5,6)27(20,33-16(4)30)22(32-15(3)29)14(2)26(18,19)31/h9-10,14,18-22,28,31H,11-12H2,1-8H3. The molecule has 2 saturated carbocycles. The monoisotopic (exact) mass is 490 g/mol. The molecule has 0 aromatic rings. The number of esters is 2. The van der Waals surface area contributed by atoms with Crippen molar-refractivity contribution in [3.8, 4) is 0 Å². The van der Waals surface area contributed by atoms with E-state index in [1.54, 1.807) is 0 Å². The van der Waals surface area contributed by atoms with Gasteiger partial charge in [-0.3, -0.25) is 9.59 Å². The first kappa shape index (κ1) is 24.9. The molecule has 0 radical (unpaired) electrons. The summed E-state index contributed by atoms with van der Waals surface area (Å²) in [6.45, 7) is 14.0. The smallest absolute Gasteiger partial charge is 0.303 e. The Morgan fingerprint density at radius 2 is 1.80 bits per heavy atom. The van der Waals surface area contributed by atoms with Crippen LogP contribution in [0.25, 0.3) is 0 Å². The van der Waals surface area contributed by atoms with Crippen molar-refractivity contribution in [2.45, 2.75) is 96.6 Å². The molecule has 4 aliphatic carbocycles. The third kappa shape index (κ3) is 2.94. The molecule has 0 bridgehead atoms. The average Bonchev–Trinajstić information content (AvgIpc) is 2.94. The Labute approximate surface area is 206 Å². The van der Waals surface area contributed by atoms with Crippen molar-refractivity contribution in [3.63, 3.8) is 0 Å². The van der Waals surface area contributed by atoms with Crippen molar-refractivity contribution in [2.75, 3.05) is 6.61 Å². The van der Waals surface area contributed by atoms with Gasteiger partial charge in [0.1, 0.15) is 17.8 Å². The van der Waals surface area contributed by atoms with Crippen molar-refractivity contribution in [1.82, 2.24) is 0 Å². The summed E-state index contributed by atoms with van der Waals surface area (Å²) >= 11 is 0. The van der Waals surface area contributed by atoms with Gasteiger partial charge in [0.25, 0.3) is 0 Å². The molecule has 1 saturated heterocycles. The van der Waals surface area contributed by atoms with Gasteiger partial charge in [-0.05, 0) is 31.9 Å².